The van der Waals surface area contributed by atoms with Crippen molar-refractivity contribution < 1.29 is 24.6 Å². The van der Waals surface area contributed by atoms with Crippen molar-refractivity contribution in [3.05, 3.63) is 65.5 Å². The fraction of sp³-hybridized carbons (Fsp3) is 0.200. The van der Waals surface area contributed by atoms with Crippen molar-refractivity contribution in [3.8, 4) is 28.7 Å². The third kappa shape index (κ3) is 2.23. The standard InChI is InChI=1S/C20H18N2O4/c1-24-17-5-4-12(7-16(17)23)20-14-3-2-6-22(14)15-9-19-18(25-11-26-19)8-13(15)10-21-20/h2-9,20-21,23H,10-11H2,1H3/p+1/t20-/m0/s1. The van der Waals surface area contributed by atoms with Crippen LogP contribution in [0.2, 0.25) is 0 Å². The van der Waals surface area contributed by atoms with Crippen molar-refractivity contribution in [1.82, 2.24) is 4.57 Å². The number of rotatable bonds is 2. The molecular weight excluding hydrogens is 332 g/mol. The second-order valence-electron chi connectivity index (χ2n) is 6.49. The first-order valence-electron chi connectivity index (χ1n) is 8.55. The fourth-order valence-electron chi connectivity index (χ4n) is 3.80. The first kappa shape index (κ1) is 15.2. The number of nitrogens with zero attached hydrogens (tertiary/aromatic N) is 1. The number of phenolic OH excluding ortho intramolecular Hbond substituents is 1. The minimum atomic E-state index is 0.0610. The summed E-state index contributed by atoms with van der Waals surface area (Å²) < 4.78 is 18.4. The van der Waals surface area contributed by atoms with Gasteiger partial charge in [0.05, 0.1) is 18.5 Å². The van der Waals surface area contributed by atoms with Gasteiger partial charge in [-0.05, 0) is 36.4 Å². The van der Waals surface area contributed by atoms with Gasteiger partial charge in [-0.15, -0.1) is 0 Å². The summed E-state index contributed by atoms with van der Waals surface area (Å²) in [5, 5.41) is 12.5. The Kier molecular flexibility index (Phi) is 3.33. The molecule has 3 heterocycles. The van der Waals surface area contributed by atoms with Crippen molar-refractivity contribution in [2.45, 2.75) is 12.6 Å². The second kappa shape index (κ2) is 5.71. The van der Waals surface area contributed by atoms with Crippen LogP contribution in [0.3, 0.4) is 0 Å². The lowest BCUT2D eigenvalue weighted by Crippen LogP contribution is -2.83. The summed E-state index contributed by atoms with van der Waals surface area (Å²) in [4.78, 5) is 0. The average Bonchev–Trinajstić information content (AvgIpc) is 3.27. The molecule has 6 nitrogen and oxygen atoms in total. The van der Waals surface area contributed by atoms with Crippen LogP contribution in [0.1, 0.15) is 22.9 Å². The molecule has 1 atom stereocenters. The van der Waals surface area contributed by atoms with E-state index in [1.165, 1.54) is 5.56 Å². The van der Waals surface area contributed by atoms with E-state index >= 15 is 0 Å². The largest absolute Gasteiger partial charge is 0.504 e. The highest BCUT2D eigenvalue weighted by molar-refractivity contribution is 5.56. The average molecular weight is 351 g/mol. The lowest BCUT2D eigenvalue weighted by molar-refractivity contribution is -0.702. The van der Waals surface area contributed by atoms with Gasteiger partial charge in [0.1, 0.15) is 6.54 Å². The van der Waals surface area contributed by atoms with Crippen LogP contribution in [0.4, 0.5) is 0 Å². The van der Waals surface area contributed by atoms with Crippen molar-refractivity contribution in [3.63, 3.8) is 0 Å². The number of methoxy groups -OCH3 is 1. The predicted molar refractivity (Wildman–Crippen MR) is 94.0 cm³/mol. The molecule has 0 aliphatic carbocycles. The Labute approximate surface area is 150 Å². The van der Waals surface area contributed by atoms with Gasteiger partial charge in [-0.25, -0.2) is 0 Å². The highest BCUT2D eigenvalue weighted by Crippen LogP contribution is 2.38. The van der Waals surface area contributed by atoms with Crippen LogP contribution in [-0.4, -0.2) is 23.6 Å². The number of ether oxygens (including phenoxy) is 3. The number of aromatic hydroxyl groups is 1. The summed E-state index contributed by atoms with van der Waals surface area (Å²) in [6.07, 6.45) is 2.06. The predicted octanol–water partition coefficient (Wildman–Crippen LogP) is 2.09. The Morgan fingerprint density at radius 3 is 2.81 bits per heavy atom. The van der Waals surface area contributed by atoms with E-state index in [1.54, 1.807) is 19.2 Å². The molecule has 2 aliphatic heterocycles. The van der Waals surface area contributed by atoms with E-state index < -0.39 is 0 Å². The molecule has 0 radical (unpaired) electrons. The summed E-state index contributed by atoms with van der Waals surface area (Å²) in [6.45, 7) is 1.07. The maximum atomic E-state index is 10.2. The SMILES string of the molecule is COc1ccc([C@@H]2[NH2+]Cc3cc4c(cc3-n3cccc32)OCO4)cc1O. The topological polar surface area (TPSA) is 69.5 Å². The van der Waals surface area contributed by atoms with E-state index in [1.807, 2.05) is 18.2 Å². The molecule has 3 aromatic rings. The van der Waals surface area contributed by atoms with Gasteiger partial charge in [0.15, 0.2) is 29.0 Å². The van der Waals surface area contributed by atoms with Gasteiger partial charge in [-0.1, -0.05) is 0 Å². The van der Waals surface area contributed by atoms with E-state index in [9.17, 15) is 5.11 Å². The fourth-order valence-corrected chi connectivity index (χ4v) is 3.80. The lowest BCUT2D eigenvalue weighted by Gasteiger charge is -2.16. The van der Waals surface area contributed by atoms with Crippen LogP contribution in [-0.2, 0) is 6.54 Å². The third-order valence-electron chi connectivity index (χ3n) is 5.07. The quantitative estimate of drug-likeness (QED) is 0.742. The Bertz CT molecular complexity index is 995. The molecule has 0 bridgehead atoms. The molecule has 2 aliphatic rings. The Balaban J connectivity index is 1.62. The maximum absolute atomic E-state index is 10.2. The molecule has 0 amide bonds. The molecule has 3 N–H and O–H groups in total. The number of hydrogen-bond acceptors (Lipinski definition) is 4. The highest BCUT2D eigenvalue weighted by Gasteiger charge is 2.29. The first-order valence-corrected chi connectivity index (χ1v) is 8.55. The second-order valence-corrected chi connectivity index (χ2v) is 6.49. The molecule has 0 fully saturated rings. The molecule has 0 saturated heterocycles. The summed E-state index contributed by atoms with van der Waals surface area (Å²) in [6, 6.07) is 13.9. The van der Waals surface area contributed by atoms with E-state index in [-0.39, 0.29) is 18.6 Å². The van der Waals surface area contributed by atoms with Gasteiger partial charge in [0.2, 0.25) is 6.79 Å². The minimum absolute atomic E-state index is 0.0610. The minimum Gasteiger partial charge on any atom is -0.504 e. The van der Waals surface area contributed by atoms with Gasteiger partial charge in [0, 0.05) is 23.4 Å². The number of fused-ring (bicyclic) bond motifs is 4. The molecule has 5 rings (SSSR count). The zero-order valence-electron chi connectivity index (χ0n) is 14.3. The molecule has 0 saturated carbocycles. The Morgan fingerprint density at radius 2 is 2.00 bits per heavy atom. The summed E-state index contributed by atoms with van der Waals surface area (Å²) in [5.41, 5.74) is 4.46. The monoisotopic (exact) mass is 351 g/mol. The van der Waals surface area contributed by atoms with Crippen LogP contribution in [0.25, 0.3) is 5.69 Å². The van der Waals surface area contributed by atoms with Crippen molar-refractivity contribution in [2.24, 2.45) is 0 Å². The summed E-state index contributed by atoms with van der Waals surface area (Å²) >= 11 is 0. The molecule has 26 heavy (non-hydrogen) atoms. The smallest absolute Gasteiger partial charge is 0.231 e. The van der Waals surface area contributed by atoms with Crippen LogP contribution >= 0.6 is 0 Å². The number of hydrogen-bond donors (Lipinski definition) is 2. The van der Waals surface area contributed by atoms with Crippen LogP contribution in [0.15, 0.2) is 48.7 Å². The molecular formula is C20H19N2O4+. The van der Waals surface area contributed by atoms with E-state index in [4.69, 9.17) is 14.2 Å². The zero-order chi connectivity index (χ0) is 17.7. The molecule has 2 aromatic carbocycles. The van der Waals surface area contributed by atoms with Crippen molar-refractivity contribution in [2.75, 3.05) is 13.9 Å². The summed E-state index contributed by atoms with van der Waals surface area (Å²) in [7, 11) is 1.55. The van der Waals surface area contributed by atoms with Crippen LogP contribution < -0.4 is 19.5 Å². The lowest BCUT2D eigenvalue weighted by atomic mass is 10.0. The first-order chi connectivity index (χ1) is 12.7. The molecule has 1 aromatic heterocycles. The Hall–Kier alpha value is -3.12. The normalized spacial score (nSPS) is 17.3. The number of aromatic nitrogens is 1. The van der Waals surface area contributed by atoms with Crippen molar-refractivity contribution in [1.29, 1.82) is 0 Å². The van der Waals surface area contributed by atoms with Gasteiger partial charge in [-0.2, -0.15) is 0 Å². The van der Waals surface area contributed by atoms with Gasteiger partial charge < -0.3 is 29.2 Å². The van der Waals surface area contributed by atoms with E-state index in [0.29, 0.717) is 5.75 Å². The molecule has 132 valence electrons. The molecule has 6 heteroatoms. The zero-order valence-corrected chi connectivity index (χ0v) is 14.3. The molecule has 0 unspecified atom stereocenters. The van der Waals surface area contributed by atoms with Crippen LogP contribution in [0.5, 0.6) is 23.0 Å². The van der Waals surface area contributed by atoms with Crippen molar-refractivity contribution >= 4 is 0 Å². The number of benzene rings is 2. The van der Waals surface area contributed by atoms with Gasteiger partial charge in [-0.3, -0.25) is 0 Å². The van der Waals surface area contributed by atoms with Gasteiger partial charge >= 0.3 is 0 Å². The van der Waals surface area contributed by atoms with Crippen LogP contribution in [0, 0.1) is 0 Å². The number of phenols is 1. The Morgan fingerprint density at radius 1 is 1.15 bits per heavy atom. The van der Waals surface area contributed by atoms with E-state index in [2.05, 4.69) is 28.2 Å². The number of quaternary nitrogens is 1. The molecule has 0 spiro atoms. The summed E-state index contributed by atoms with van der Waals surface area (Å²) in [5.74, 6) is 2.21. The third-order valence-corrected chi connectivity index (χ3v) is 5.07. The van der Waals surface area contributed by atoms with E-state index in [0.717, 1.165) is 35.0 Å². The van der Waals surface area contributed by atoms with Gasteiger partial charge in [0.25, 0.3) is 0 Å². The number of nitrogens with two attached hydrogens (primary N) is 1. The highest BCUT2D eigenvalue weighted by atomic mass is 16.7. The maximum Gasteiger partial charge on any atom is 0.231 e.